The highest BCUT2D eigenvalue weighted by molar-refractivity contribution is 5.74. The van der Waals surface area contributed by atoms with Crippen LogP contribution in [-0.2, 0) is 9.53 Å². The van der Waals surface area contributed by atoms with Crippen molar-refractivity contribution in [1.82, 2.24) is 0 Å². The molecule has 2 atom stereocenters. The fourth-order valence-corrected chi connectivity index (χ4v) is 2.22. The average molecular weight is 266 g/mol. The number of carbonyl (C=O) groups is 1. The molecule has 2 heteroatoms. The summed E-state index contributed by atoms with van der Waals surface area (Å²) in [5, 5.41) is 0. The van der Waals surface area contributed by atoms with Gasteiger partial charge < -0.3 is 4.74 Å². The van der Waals surface area contributed by atoms with Gasteiger partial charge in [-0.1, -0.05) is 39.3 Å². The van der Waals surface area contributed by atoms with Crippen molar-refractivity contribution in [1.29, 1.82) is 0 Å². The van der Waals surface area contributed by atoms with E-state index in [1.165, 1.54) is 5.57 Å². The molecule has 0 aromatic carbocycles. The molecule has 0 N–H and O–H groups in total. The summed E-state index contributed by atoms with van der Waals surface area (Å²) in [4.78, 5) is 11.6. The van der Waals surface area contributed by atoms with E-state index in [0.717, 1.165) is 19.3 Å². The quantitative estimate of drug-likeness (QED) is 0.497. The molecule has 1 fully saturated rings. The molecule has 0 aliphatic heterocycles. The van der Waals surface area contributed by atoms with Gasteiger partial charge in [0.05, 0.1) is 12.5 Å². The molecule has 0 radical (unpaired) electrons. The number of ether oxygens (including phenoxy) is 1. The van der Waals surface area contributed by atoms with Crippen LogP contribution in [0.2, 0.25) is 0 Å². The van der Waals surface area contributed by atoms with Crippen molar-refractivity contribution in [2.24, 2.45) is 23.2 Å². The first kappa shape index (κ1) is 16.3. The molecule has 0 heterocycles. The van der Waals surface area contributed by atoms with Crippen molar-refractivity contribution >= 4 is 5.97 Å². The molecule has 0 aromatic rings. The van der Waals surface area contributed by atoms with Gasteiger partial charge in [-0.3, -0.25) is 4.79 Å². The van der Waals surface area contributed by atoms with Gasteiger partial charge in [0.1, 0.15) is 0 Å². The molecule has 19 heavy (non-hydrogen) atoms. The Morgan fingerprint density at radius 3 is 2.37 bits per heavy atom. The van der Waals surface area contributed by atoms with Crippen molar-refractivity contribution in [3.63, 3.8) is 0 Å². The third-order valence-electron chi connectivity index (χ3n) is 4.48. The summed E-state index contributed by atoms with van der Waals surface area (Å²) in [6.07, 6.45) is 5.44. The summed E-state index contributed by atoms with van der Waals surface area (Å²) >= 11 is 0. The lowest BCUT2D eigenvalue weighted by Gasteiger charge is -2.35. The lowest BCUT2D eigenvalue weighted by Crippen LogP contribution is -2.32. The first-order chi connectivity index (χ1) is 8.74. The Hall–Kier alpha value is -0.790. The van der Waals surface area contributed by atoms with E-state index in [0.29, 0.717) is 18.4 Å². The predicted molar refractivity (Wildman–Crippen MR) is 79.8 cm³/mol. The molecule has 0 bridgehead atoms. The van der Waals surface area contributed by atoms with Crippen molar-refractivity contribution in [2.75, 3.05) is 6.61 Å². The number of esters is 1. The van der Waals surface area contributed by atoms with Gasteiger partial charge in [0.25, 0.3) is 0 Å². The molecular weight excluding hydrogens is 236 g/mol. The van der Waals surface area contributed by atoms with Gasteiger partial charge in [0.15, 0.2) is 0 Å². The van der Waals surface area contributed by atoms with Crippen molar-refractivity contribution < 1.29 is 9.53 Å². The van der Waals surface area contributed by atoms with Crippen LogP contribution in [0.25, 0.3) is 0 Å². The topological polar surface area (TPSA) is 26.3 Å². The molecule has 110 valence electrons. The Labute approximate surface area is 118 Å². The molecule has 0 aromatic heterocycles. The minimum absolute atomic E-state index is 0.0113. The lowest BCUT2D eigenvalue weighted by molar-refractivity contribution is -0.149. The van der Waals surface area contributed by atoms with Crippen LogP contribution in [0.3, 0.4) is 0 Å². The molecule has 0 spiro atoms. The Kier molecular flexibility index (Phi) is 5.64. The van der Waals surface area contributed by atoms with Crippen molar-refractivity contribution in [2.45, 2.75) is 60.8 Å². The summed E-state index contributed by atoms with van der Waals surface area (Å²) in [6.45, 7) is 13.8. The van der Waals surface area contributed by atoms with E-state index in [-0.39, 0.29) is 17.3 Å². The van der Waals surface area contributed by atoms with Crippen LogP contribution in [0.4, 0.5) is 0 Å². The zero-order chi connectivity index (χ0) is 14.6. The van der Waals surface area contributed by atoms with Gasteiger partial charge in [0.2, 0.25) is 0 Å². The highest BCUT2D eigenvalue weighted by Crippen LogP contribution is 2.36. The molecule has 1 rings (SSSR count). The lowest BCUT2D eigenvalue weighted by atomic mass is 9.73. The summed E-state index contributed by atoms with van der Waals surface area (Å²) < 4.78 is 5.47. The Morgan fingerprint density at radius 2 is 1.89 bits per heavy atom. The Balaban J connectivity index is 2.44. The molecule has 1 saturated carbocycles. The molecule has 0 unspecified atom stereocenters. The summed E-state index contributed by atoms with van der Waals surface area (Å²) in [5.74, 6) is 1.34. The van der Waals surface area contributed by atoms with Gasteiger partial charge in [0, 0.05) is 5.41 Å². The number of rotatable bonds is 7. The number of allylic oxidation sites excluding steroid dienone is 2. The minimum Gasteiger partial charge on any atom is -0.465 e. The van der Waals surface area contributed by atoms with E-state index in [1.54, 1.807) is 0 Å². The van der Waals surface area contributed by atoms with Crippen LogP contribution < -0.4 is 0 Å². The number of hydrogen-bond donors (Lipinski definition) is 0. The third kappa shape index (κ3) is 5.38. The van der Waals surface area contributed by atoms with Crippen LogP contribution in [0.15, 0.2) is 11.6 Å². The second-order valence-corrected chi connectivity index (χ2v) is 7.15. The largest absolute Gasteiger partial charge is 0.465 e. The van der Waals surface area contributed by atoms with Crippen molar-refractivity contribution in [3.8, 4) is 0 Å². The van der Waals surface area contributed by atoms with Crippen LogP contribution in [0, 0.1) is 23.2 Å². The van der Waals surface area contributed by atoms with Gasteiger partial charge >= 0.3 is 5.97 Å². The Morgan fingerprint density at radius 1 is 1.32 bits per heavy atom. The fourth-order valence-electron chi connectivity index (χ4n) is 2.22. The standard InChI is InChI=1S/C17H30O2/c1-12(2)7-8-13(3)14(4)17(5,6)11-19-16(18)15-9-10-15/h7,13-15H,8-11H2,1-6H3/t13-,14+/m0/s1. The van der Waals surface area contributed by atoms with Crippen molar-refractivity contribution in [3.05, 3.63) is 11.6 Å². The summed E-state index contributed by atoms with van der Waals surface area (Å²) in [7, 11) is 0. The molecule has 0 amide bonds. The van der Waals surface area contributed by atoms with E-state index in [4.69, 9.17) is 4.74 Å². The summed E-state index contributed by atoms with van der Waals surface area (Å²) in [6, 6.07) is 0. The average Bonchev–Trinajstić information content (AvgIpc) is 3.16. The van der Waals surface area contributed by atoms with Crippen LogP contribution in [-0.4, -0.2) is 12.6 Å². The van der Waals surface area contributed by atoms with Gasteiger partial charge in [-0.25, -0.2) is 0 Å². The molecular formula is C17H30O2. The monoisotopic (exact) mass is 266 g/mol. The number of carbonyl (C=O) groups excluding carboxylic acids is 1. The zero-order valence-electron chi connectivity index (χ0n) is 13.5. The third-order valence-corrected chi connectivity index (χ3v) is 4.48. The zero-order valence-corrected chi connectivity index (χ0v) is 13.5. The normalized spacial score (nSPS) is 18.6. The van der Waals surface area contributed by atoms with E-state index in [9.17, 15) is 4.79 Å². The number of hydrogen-bond acceptors (Lipinski definition) is 2. The highest BCUT2D eigenvalue weighted by Gasteiger charge is 2.35. The van der Waals surface area contributed by atoms with Gasteiger partial charge in [-0.15, -0.1) is 0 Å². The summed E-state index contributed by atoms with van der Waals surface area (Å²) in [5.41, 5.74) is 1.41. The van der Waals surface area contributed by atoms with E-state index in [2.05, 4.69) is 47.6 Å². The predicted octanol–water partition coefficient (Wildman–Crippen LogP) is 4.59. The maximum absolute atomic E-state index is 11.6. The maximum Gasteiger partial charge on any atom is 0.308 e. The minimum atomic E-state index is 0.0113. The van der Waals surface area contributed by atoms with E-state index >= 15 is 0 Å². The molecule has 0 saturated heterocycles. The smallest absolute Gasteiger partial charge is 0.308 e. The van der Waals surface area contributed by atoms with Crippen LogP contribution >= 0.6 is 0 Å². The first-order valence-corrected chi connectivity index (χ1v) is 7.54. The molecule has 2 nitrogen and oxygen atoms in total. The van der Waals surface area contributed by atoms with E-state index < -0.39 is 0 Å². The SMILES string of the molecule is CC(C)=CC[C@H](C)[C@@H](C)C(C)(C)COC(=O)C1CC1. The fraction of sp³-hybridized carbons (Fsp3) is 0.824. The van der Waals surface area contributed by atoms with Gasteiger partial charge in [-0.2, -0.15) is 0 Å². The Bertz CT molecular complexity index is 333. The van der Waals surface area contributed by atoms with Gasteiger partial charge in [-0.05, 0) is 44.9 Å². The molecule has 1 aliphatic rings. The van der Waals surface area contributed by atoms with E-state index in [1.807, 2.05) is 0 Å². The first-order valence-electron chi connectivity index (χ1n) is 7.54. The maximum atomic E-state index is 11.6. The van der Waals surface area contributed by atoms with Crippen LogP contribution in [0.1, 0.15) is 60.8 Å². The van der Waals surface area contributed by atoms with Crippen LogP contribution in [0.5, 0.6) is 0 Å². The molecule has 1 aliphatic carbocycles. The second-order valence-electron chi connectivity index (χ2n) is 7.15. The highest BCUT2D eigenvalue weighted by atomic mass is 16.5. The second kappa shape index (κ2) is 6.58.